The number of rotatable bonds is 6. The van der Waals surface area contributed by atoms with E-state index in [0.29, 0.717) is 18.4 Å². The molecule has 1 aliphatic rings. The van der Waals surface area contributed by atoms with Crippen molar-refractivity contribution >= 4 is 17.4 Å². The van der Waals surface area contributed by atoms with Crippen LogP contribution in [0.3, 0.4) is 0 Å². The molecule has 0 aromatic carbocycles. The lowest BCUT2D eigenvalue weighted by Crippen LogP contribution is -2.47. The normalized spacial score (nSPS) is 19.2. The van der Waals surface area contributed by atoms with Crippen molar-refractivity contribution < 1.29 is 14.3 Å². The molecule has 118 valence electrons. The van der Waals surface area contributed by atoms with E-state index in [4.69, 9.17) is 9.47 Å². The van der Waals surface area contributed by atoms with Crippen LogP contribution in [0.2, 0.25) is 0 Å². The smallest absolute Gasteiger partial charge is 0.407 e. The number of likely N-dealkylation sites (tertiary alicyclic amines) is 1. The number of hydrogen-bond donors (Lipinski definition) is 1. The Kier molecular flexibility index (Phi) is 6.19. The standard InChI is InChI=1S/C13H22N4O3S/c1-3-19-12(18)14-10-6-5-7-17(8-10)9-11-15-16-13(21-11)20-4-2/h10H,3-9H2,1-2H3,(H,14,18)/t10-/m0/s1. The van der Waals surface area contributed by atoms with Gasteiger partial charge >= 0.3 is 6.09 Å². The zero-order valence-corrected chi connectivity index (χ0v) is 13.3. The number of alkyl carbamates (subject to hydrolysis) is 1. The van der Waals surface area contributed by atoms with Crippen LogP contribution < -0.4 is 10.1 Å². The van der Waals surface area contributed by atoms with Crippen LogP contribution >= 0.6 is 11.3 Å². The average molecular weight is 314 g/mol. The van der Waals surface area contributed by atoms with Gasteiger partial charge in [0, 0.05) is 12.6 Å². The van der Waals surface area contributed by atoms with E-state index >= 15 is 0 Å². The molecule has 0 spiro atoms. The van der Waals surface area contributed by atoms with Crippen LogP contribution in [0.15, 0.2) is 0 Å². The van der Waals surface area contributed by atoms with Crippen molar-refractivity contribution in [2.24, 2.45) is 0 Å². The Morgan fingerprint density at radius 3 is 3.05 bits per heavy atom. The second-order valence-electron chi connectivity index (χ2n) is 4.83. The van der Waals surface area contributed by atoms with E-state index in [1.807, 2.05) is 6.92 Å². The third-order valence-electron chi connectivity index (χ3n) is 3.18. The third-order valence-corrected chi connectivity index (χ3v) is 4.00. The van der Waals surface area contributed by atoms with Gasteiger partial charge in [0.25, 0.3) is 5.19 Å². The number of carbonyl (C=O) groups is 1. The third kappa shape index (κ3) is 5.13. The monoisotopic (exact) mass is 314 g/mol. The predicted octanol–water partition coefficient (Wildman–Crippen LogP) is 1.65. The quantitative estimate of drug-likeness (QED) is 0.860. The van der Waals surface area contributed by atoms with Crippen LogP contribution in [-0.4, -0.2) is 53.5 Å². The van der Waals surface area contributed by atoms with Crippen molar-refractivity contribution in [2.45, 2.75) is 39.3 Å². The van der Waals surface area contributed by atoms with E-state index in [-0.39, 0.29) is 12.1 Å². The molecule has 7 nitrogen and oxygen atoms in total. The zero-order valence-electron chi connectivity index (χ0n) is 12.5. The second-order valence-corrected chi connectivity index (χ2v) is 5.86. The minimum atomic E-state index is -0.334. The lowest BCUT2D eigenvalue weighted by molar-refractivity contribution is 0.132. The first kappa shape index (κ1) is 16.0. The predicted molar refractivity (Wildman–Crippen MR) is 79.5 cm³/mol. The minimum Gasteiger partial charge on any atom is -0.469 e. The molecule has 2 rings (SSSR count). The molecule has 8 heteroatoms. The molecule has 1 saturated heterocycles. The molecule has 1 N–H and O–H groups in total. The van der Waals surface area contributed by atoms with Crippen molar-refractivity contribution in [1.29, 1.82) is 0 Å². The van der Waals surface area contributed by atoms with Crippen LogP contribution in [0, 0.1) is 0 Å². The topological polar surface area (TPSA) is 76.6 Å². The second kappa shape index (κ2) is 8.14. The first-order valence-electron chi connectivity index (χ1n) is 7.32. The molecular weight excluding hydrogens is 292 g/mol. The van der Waals surface area contributed by atoms with E-state index in [0.717, 1.165) is 37.5 Å². The summed E-state index contributed by atoms with van der Waals surface area (Å²) in [5, 5.41) is 12.6. The number of piperidine rings is 1. The summed E-state index contributed by atoms with van der Waals surface area (Å²) in [6.07, 6.45) is 1.70. The number of amides is 1. The fourth-order valence-corrected chi connectivity index (χ4v) is 3.12. The van der Waals surface area contributed by atoms with Gasteiger partial charge in [0.15, 0.2) is 0 Å². The molecule has 0 radical (unpaired) electrons. The Bertz CT molecular complexity index is 454. The number of ether oxygens (including phenoxy) is 2. The van der Waals surface area contributed by atoms with Gasteiger partial charge in [-0.15, -0.1) is 10.2 Å². The van der Waals surface area contributed by atoms with Crippen LogP contribution in [0.5, 0.6) is 5.19 Å². The summed E-state index contributed by atoms with van der Waals surface area (Å²) in [5.74, 6) is 0. The maximum atomic E-state index is 11.5. The SMILES string of the molecule is CCOC(=O)N[C@H]1CCCN(Cc2nnc(OCC)s2)C1. The Labute approximate surface area is 128 Å². The average Bonchev–Trinajstić information content (AvgIpc) is 2.87. The molecule has 1 fully saturated rings. The Balaban J connectivity index is 1.81. The number of hydrogen-bond acceptors (Lipinski definition) is 7. The number of aromatic nitrogens is 2. The highest BCUT2D eigenvalue weighted by Crippen LogP contribution is 2.21. The van der Waals surface area contributed by atoms with E-state index in [2.05, 4.69) is 20.4 Å². The van der Waals surface area contributed by atoms with Gasteiger partial charge in [-0.2, -0.15) is 0 Å². The van der Waals surface area contributed by atoms with Gasteiger partial charge in [-0.25, -0.2) is 4.79 Å². The highest BCUT2D eigenvalue weighted by molar-refractivity contribution is 7.13. The minimum absolute atomic E-state index is 0.136. The molecule has 0 saturated carbocycles. The molecular formula is C13H22N4O3S. The molecule has 1 aliphatic heterocycles. The molecule has 0 bridgehead atoms. The van der Waals surface area contributed by atoms with Gasteiger partial charge in [-0.3, -0.25) is 4.90 Å². The Morgan fingerprint density at radius 2 is 2.29 bits per heavy atom. The van der Waals surface area contributed by atoms with Gasteiger partial charge in [0.1, 0.15) is 5.01 Å². The van der Waals surface area contributed by atoms with Crippen molar-refractivity contribution in [1.82, 2.24) is 20.4 Å². The number of nitrogens with one attached hydrogen (secondary N) is 1. The van der Waals surface area contributed by atoms with Crippen LogP contribution in [0.4, 0.5) is 4.79 Å². The van der Waals surface area contributed by atoms with E-state index in [1.54, 1.807) is 6.92 Å². The summed E-state index contributed by atoms with van der Waals surface area (Å²) in [5.41, 5.74) is 0. The van der Waals surface area contributed by atoms with Gasteiger partial charge in [0.05, 0.1) is 19.8 Å². The van der Waals surface area contributed by atoms with Crippen molar-refractivity contribution in [3.8, 4) is 5.19 Å². The van der Waals surface area contributed by atoms with E-state index in [9.17, 15) is 4.79 Å². The molecule has 21 heavy (non-hydrogen) atoms. The Hall–Kier alpha value is -1.41. The van der Waals surface area contributed by atoms with Crippen molar-refractivity contribution in [3.63, 3.8) is 0 Å². The molecule has 1 atom stereocenters. The summed E-state index contributed by atoms with van der Waals surface area (Å²) < 4.78 is 10.3. The fraction of sp³-hybridized carbons (Fsp3) is 0.769. The summed E-state index contributed by atoms with van der Waals surface area (Å²) in [6, 6.07) is 0.136. The maximum Gasteiger partial charge on any atom is 0.407 e. The fourth-order valence-electron chi connectivity index (χ4n) is 2.33. The summed E-state index contributed by atoms with van der Waals surface area (Å²) in [4.78, 5) is 13.7. The van der Waals surface area contributed by atoms with Gasteiger partial charge in [0.2, 0.25) is 0 Å². The first-order chi connectivity index (χ1) is 10.2. The van der Waals surface area contributed by atoms with Gasteiger partial charge in [-0.05, 0) is 33.2 Å². The Morgan fingerprint density at radius 1 is 1.43 bits per heavy atom. The summed E-state index contributed by atoms with van der Waals surface area (Å²) in [6.45, 7) is 7.28. The molecule has 0 aliphatic carbocycles. The van der Waals surface area contributed by atoms with Crippen LogP contribution in [0.25, 0.3) is 0 Å². The molecule has 1 aromatic rings. The number of carbonyl (C=O) groups excluding carboxylic acids is 1. The lowest BCUT2D eigenvalue weighted by atomic mass is 10.1. The lowest BCUT2D eigenvalue weighted by Gasteiger charge is -2.32. The van der Waals surface area contributed by atoms with E-state index in [1.165, 1.54) is 11.3 Å². The molecule has 2 heterocycles. The van der Waals surface area contributed by atoms with Crippen molar-refractivity contribution in [2.75, 3.05) is 26.3 Å². The van der Waals surface area contributed by atoms with Gasteiger partial charge in [-0.1, -0.05) is 11.3 Å². The zero-order chi connectivity index (χ0) is 15.1. The highest BCUT2D eigenvalue weighted by Gasteiger charge is 2.22. The number of nitrogens with zero attached hydrogens (tertiary/aromatic N) is 3. The van der Waals surface area contributed by atoms with Crippen LogP contribution in [0.1, 0.15) is 31.7 Å². The first-order valence-corrected chi connectivity index (χ1v) is 8.13. The largest absolute Gasteiger partial charge is 0.469 e. The van der Waals surface area contributed by atoms with Crippen LogP contribution in [-0.2, 0) is 11.3 Å². The highest BCUT2D eigenvalue weighted by atomic mass is 32.1. The molecule has 1 amide bonds. The molecule has 0 unspecified atom stereocenters. The maximum absolute atomic E-state index is 11.5. The van der Waals surface area contributed by atoms with E-state index < -0.39 is 0 Å². The summed E-state index contributed by atoms with van der Waals surface area (Å²) in [7, 11) is 0. The molecule has 1 aromatic heterocycles. The summed E-state index contributed by atoms with van der Waals surface area (Å²) >= 11 is 1.48. The van der Waals surface area contributed by atoms with Crippen molar-refractivity contribution in [3.05, 3.63) is 5.01 Å². The van der Waals surface area contributed by atoms with Gasteiger partial charge < -0.3 is 14.8 Å².